The van der Waals surface area contributed by atoms with E-state index in [0.29, 0.717) is 57.7 Å². The van der Waals surface area contributed by atoms with Gasteiger partial charge in [0.2, 0.25) is 15.9 Å². The summed E-state index contributed by atoms with van der Waals surface area (Å²) in [7, 11) is -1.80. The van der Waals surface area contributed by atoms with Crippen LogP contribution in [0.25, 0.3) is 0 Å². The van der Waals surface area contributed by atoms with Gasteiger partial charge in [0.15, 0.2) is 0 Å². The number of nitrogens with zero attached hydrogens (tertiary/aromatic N) is 2. The topological polar surface area (TPSA) is 78.9 Å². The van der Waals surface area contributed by atoms with Crippen molar-refractivity contribution in [3.8, 4) is 5.75 Å². The summed E-state index contributed by atoms with van der Waals surface area (Å²) >= 11 is 0. The van der Waals surface area contributed by atoms with Crippen molar-refractivity contribution in [1.82, 2.24) is 9.62 Å². The van der Waals surface area contributed by atoms with Crippen LogP contribution in [-0.2, 0) is 21.2 Å². The molecule has 0 aromatic heterocycles. The summed E-state index contributed by atoms with van der Waals surface area (Å²) in [5.74, 6) is 0.349. The highest BCUT2D eigenvalue weighted by Gasteiger charge is 2.27. The van der Waals surface area contributed by atoms with Crippen LogP contribution in [0.2, 0.25) is 0 Å². The number of para-hydroxylation sites is 1. The largest absolute Gasteiger partial charge is 0.497 e. The number of amides is 1. The number of piperazine rings is 1. The van der Waals surface area contributed by atoms with Crippen molar-refractivity contribution in [1.29, 1.82) is 0 Å². The van der Waals surface area contributed by atoms with Crippen LogP contribution in [0.4, 0.5) is 10.1 Å². The van der Waals surface area contributed by atoms with Crippen LogP contribution in [0.1, 0.15) is 18.4 Å². The summed E-state index contributed by atoms with van der Waals surface area (Å²) in [6, 6.07) is 14.1. The number of sulfonamides is 1. The molecule has 0 bridgehead atoms. The molecular formula is C23H30FN3O4S. The molecule has 1 saturated heterocycles. The molecule has 0 saturated carbocycles. The van der Waals surface area contributed by atoms with Gasteiger partial charge in [0.1, 0.15) is 11.6 Å². The molecule has 7 nitrogen and oxygen atoms in total. The fraction of sp³-hybridized carbons (Fsp3) is 0.435. The molecule has 1 amide bonds. The summed E-state index contributed by atoms with van der Waals surface area (Å²) in [5, 5.41) is 2.79. The van der Waals surface area contributed by atoms with Crippen molar-refractivity contribution in [2.45, 2.75) is 19.3 Å². The third-order valence-corrected chi connectivity index (χ3v) is 7.48. The number of rotatable bonds is 10. The lowest BCUT2D eigenvalue weighted by Gasteiger charge is -2.35. The third kappa shape index (κ3) is 6.67. The quantitative estimate of drug-likeness (QED) is 0.548. The van der Waals surface area contributed by atoms with Crippen molar-refractivity contribution in [2.24, 2.45) is 0 Å². The first-order valence-electron chi connectivity index (χ1n) is 10.8. The molecule has 0 radical (unpaired) electrons. The number of halogens is 1. The van der Waals surface area contributed by atoms with Gasteiger partial charge < -0.3 is 15.0 Å². The third-order valence-electron chi connectivity index (χ3n) is 5.53. The average molecular weight is 464 g/mol. The maximum absolute atomic E-state index is 13.9. The van der Waals surface area contributed by atoms with Gasteiger partial charge in [-0.25, -0.2) is 12.8 Å². The van der Waals surface area contributed by atoms with Crippen LogP contribution in [0, 0.1) is 5.82 Å². The molecule has 0 aliphatic carbocycles. The Morgan fingerprint density at radius 2 is 1.75 bits per heavy atom. The Morgan fingerprint density at radius 1 is 1.06 bits per heavy atom. The first kappa shape index (κ1) is 24.0. The zero-order valence-electron chi connectivity index (χ0n) is 18.3. The molecule has 1 aliphatic rings. The second-order valence-corrected chi connectivity index (χ2v) is 9.79. The van der Waals surface area contributed by atoms with E-state index >= 15 is 0 Å². The van der Waals surface area contributed by atoms with Gasteiger partial charge in [-0.3, -0.25) is 4.79 Å². The predicted octanol–water partition coefficient (Wildman–Crippen LogP) is 2.43. The van der Waals surface area contributed by atoms with Gasteiger partial charge in [0.05, 0.1) is 18.6 Å². The number of carbonyl (C=O) groups is 1. The minimum Gasteiger partial charge on any atom is -0.497 e. The Labute approximate surface area is 189 Å². The Kier molecular flexibility index (Phi) is 8.46. The minimum absolute atomic E-state index is 0.0224. The van der Waals surface area contributed by atoms with E-state index in [9.17, 15) is 17.6 Å². The van der Waals surface area contributed by atoms with Crippen molar-refractivity contribution in [2.75, 3.05) is 50.5 Å². The van der Waals surface area contributed by atoms with E-state index in [2.05, 4.69) is 5.32 Å². The minimum atomic E-state index is -3.41. The number of hydrogen-bond donors (Lipinski definition) is 1. The second-order valence-electron chi connectivity index (χ2n) is 7.71. The zero-order chi connectivity index (χ0) is 23.0. The predicted molar refractivity (Wildman–Crippen MR) is 123 cm³/mol. The highest BCUT2D eigenvalue weighted by atomic mass is 32.2. The summed E-state index contributed by atoms with van der Waals surface area (Å²) in [6.45, 7) is 1.86. The van der Waals surface area contributed by atoms with E-state index in [1.54, 1.807) is 25.3 Å². The molecule has 1 fully saturated rings. The number of nitrogens with one attached hydrogen (secondary N) is 1. The number of ether oxygens (including phenoxy) is 1. The van der Waals surface area contributed by atoms with Crippen molar-refractivity contribution < 1.29 is 22.3 Å². The summed E-state index contributed by atoms with van der Waals surface area (Å²) < 4.78 is 45.7. The van der Waals surface area contributed by atoms with Crippen LogP contribution in [0.3, 0.4) is 0 Å². The Morgan fingerprint density at radius 3 is 2.41 bits per heavy atom. The van der Waals surface area contributed by atoms with Gasteiger partial charge in [-0.15, -0.1) is 0 Å². The van der Waals surface area contributed by atoms with Gasteiger partial charge in [0, 0.05) is 39.1 Å². The Balaban J connectivity index is 1.35. The van der Waals surface area contributed by atoms with Crippen molar-refractivity contribution in [3.63, 3.8) is 0 Å². The fourth-order valence-corrected chi connectivity index (χ4v) is 5.15. The summed E-state index contributed by atoms with van der Waals surface area (Å²) in [6.07, 6.45) is 1.31. The first-order chi connectivity index (χ1) is 15.4. The van der Waals surface area contributed by atoms with Crippen LogP contribution < -0.4 is 15.0 Å². The number of methoxy groups -OCH3 is 1. The normalized spacial score (nSPS) is 14.9. The van der Waals surface area contributed by atoms with Gasteiger partial charge in [0.25, 0.3) is 0 Å². The van der Waals surface area contributed by atoms with Crippen LogP contribution in [0.15, 0.2) is 48.5 Å². The van der Waals surface area contributed by atoms with Crippen LogP contribution in [-0.4, -0.2) is 64.2 Å². The maximum Gasteiger partial charge on any atom is 0.220 e. The fourth-order valence-electron chi connectivity index (χ4n) is 3.67. The number of hydrogen-bond acceptors (Lipinski definition) is 5. The van der Waals surface area contributed by atoms with Crippen molar-refractivity contribution >= 4 is 21.6 Å². The molecule has 174 valence electrons. The number of benzene rings is 2. The molecule has 2 aromatic carbocycles. The summed E-state index contributed by atoms with van der Waals surface area (Å²) in [5.41, 5.74) is 1.54. The smallest absolute Gasteiger partial charge is 0.220 e. The molecule has 1 heterocycles. The SMILES string of the molecule is COc1ccc(CCC(=O)NCCCS(=O)(=O)N2CCN(c3ccccc3F)CC2)cc1. The maximum atomic E-state index is 13.9. The van der Waals surface area contributed by atoms with E-state index in [1.165, 1.54) is 10.4 Å². The van der Waals surface area contributed by atoms with Gasteiger partial charge in [-0.05, 0) is 42.7 Å². The lowest BCUT2D eigenvalue weighted by molar-refractivity contribution is -0.121. The average Bonchev–Trinajstić information content (AvgIpc) is 2.81. The van der Waals surface area contributed by atoms with E-state index in [1.807, 2.05) is 29.2 Å². The van der Waals surface area contributed by atoms with Crippen molar-refractivity contribution in [3.05, 3.63) is 59.9 Å². The first-order valence-corrected chi connectivity index (χ1v) is 12.4. The molecule has 0 atom stereocenters. The molecule has 1 aliphatic heterocycles. The second kappa shape index (κ2) is 11.3. The van der Waals surface area contributed by atoms with Crippen LogP contribution in [0.5, 0.6) is 5.75 Å². The van der Waals surface area contributed by atoms with E-state index in [4.69, 9.17) is 4.74 Å². The number of carbonyl (C=O) groups excluding carboxylic acids is 1. The lowest BCUT2D eigenvalue weighted by atomic mass is 10.1. The highest BCUT2D eigenvalue weighted by Crippen LogP contribution is 2.21. The molecule has 3 rings (SSSR count). The molecule has 1 N–H and O–H groups in total. The molecule has 0 spiro atoms. The van der Waals surface area contributed by atoms with Crippen LogP contribution >= 0.6 is 0 Å². The molecular weight excluding hydrogens is 433 g/mol. The Bertz CT molecular complexity index is 991. The summed E-state index contributed by atoms with van der Waals surface area (Å²) in [4.78, 5) is 13.9. The molecule has 0 unspecified atom stereocenters. The monoisotopic (exact) mass is 463 g/mol. The van der Waals surface area contributed by atoms with Gasteiger partial charge in [-0.1, -0.05) is 24.3 Å². The highest BCUT2D eigenvalue weighted by molar-refractivity contribution is 7.89. The Hall–Kier alpha value is -2.65. The molecule has 9 heteroatoms. The zero-order valence-corrected chi connectivity index (χ0v) is 19.1. The molecule has 2 aromatic rings. The van der Waals surface area contributed by atoms with E-state index in [0.717, 1.165) is 11.3 Å². The lowest BCUT2D eigenvalue weighted by Crippen LogP contribution is -2.49. The molecule has 32 heavy (non-hydrogen) atoms. The number of aryl methyl sites for hydroxylation is 1. The van der Waals surface area contributed by atoms with E-state index in [-0.39, 0.29) is 17.5 Å². The van der Waals surface area contributed by atoms with Gasteiger partial charge in [-0.2, -0.15) is 4.31 Å². The number of anilines is 1. The van der Waals surface area contributed by atoms with E-state index < -0.39 is 10.0 Å². The standard InChI is InChI=1S/C23H30FN3O4S/c1-31-20-10-7-19(8-11-20)9-12-23(28)25-13-4-18-32(29,30)27-16-14-26(15-17-27)22-6-3-2-5-21(22)24/h2-3,5-8,10-11H,4,9,12-18H2,1H3,(H,25,28). The van der Waals surface area contributed by atoms with Gasteiger partial charge >= 0.3 is 0 Å².